The Labute approximate surface area is 101 Å². The fourth-order valence-electron chi connectivity index (χ4n) is 2.32. The summed E-state index contributed by atoms with van der Waals surface area (Å²) in [6.07, 6.45) is 4.26. The highest BCUT2D eigenvalue weighted by Crippen LogP contribution is 2.25. The molecule has 1 unspecified atom stereocenters. The summed E-state index contributed by atoms with van der Waals surface area (Å²) in [6.45, 7) is 3.92. The molecular weight excluding hydrogens is 214 g/mol. The molecule has 1 aromatic carbocycles. The van der Waals surface area contributed by atoms with Crippen LogP contribution in [-0.4, -0.2) is 19.2 Å². The Balaban J connectivity index is 1.73. The summed E-state index contributed by atoms with van der Waals surface area (Å²) in [5, 5.41) is 4.57. The molecule has 1 aromatic heterocycles. The Morgan fingerprint density at radius 1 is 1.47 bits per heavy atom. The molecular formula is C14H17NO2. The predicted molar refractivity (Wildman–Crippen MR) is 67.5 cm³/mol. The SMILES string of the molecule is Cc1coc2ccc(OCC3CCCN3)cc12. The van der Waals surface area contributed by atoms with Crippen molar-refractivity contribution in [2.45, 2.75) is 25.8 Å². The molecule has 2 heterocycles. The molecule has 0 saturated carbocycles. The van der Waals surface area contributed by atoms with Crippen molar-refractivity contribution >= 4 is 11.0 Å². The number of rotatable bonds is 3. The van der Waals surface area contributed by atoms with Crippen molar-refractivity contribution in [3.8, 4) is 5.75 Å². The molecule has 0 spiro atoms. The Bertz CT molecular complexity index is 512. The van der Waals surface area contributed by atoms with Crippen molar-refractivity contribution in [1.82, 2.24) is 5.32 Å². The van der Waals surface area contributed by atoms with Crippen LogP contribution in [0.2, 0.25) is 0 Å². The first-order valence-electron chi connectivity index (χ1n) is 6.17. The zero-order chi connectivity index (χ0) is 11.7. The van der Waals surface area contributed by atoms with E-state index in [1.807, 2.05) is 19.1 Å². The molecule has 1 fully saturated rings. The molecule has 1 saturated heterocycles. The summed E-state index contributed by atoms with van der Waals surface area (Å²) >= 11 is 0. The highest BCUT2D eigenvalue weighted by atomic mass is 16.5. The maximum Gasteiger partial charge on any atom is 0.134 e. The molecule has 1 aliphatic rings. The Kier molecular flexibility index (Phi) is 2.77. The van der Waals surface area contributed by atoms with Crippen molar-refractivity contribution in [3.05, 3.63) is 30.0 Å². The summed E-state index contributed by atoms with van der Waals surface area (Å²) in [7, 11) is 0. The van der Waals surface area contributed by atoms with E-state index in [-0.39, 0.29) is 0 Å². The predicted octanol–water partition coefficient (Wildman–Crippen LogP) is 2.87. The minimum atomic E-state index is 0.510. The van der Waals surface area contributed by atoms with Crippen LogP contribution in [0.15, 0.2) is 28.9 Å². The smallest absolute Gasteiger partial charge is 0.134 e. The molecule has 3 nitrogen and oxygen atoms in total. The van der Waals surface area contributed by atoms with Crippen LogP contribution in [0, 0.1) is 6.92 Å². The van der Waals surface area contributed by atoms with E-state index >= 15 is 0 Å². The number of nitrogens with one attached hydrogen (secondary N) is 1. The van der Waals surface area contributed by atoms with E-state index in [1.54, 1.807) is 6.26 Å². The quantitative estimate of drug-likeness (QED) is 0.882. The van der Waals surface area contributed by atoms with Crippen molar-refractivity contribution < 1.29 is 9.15 Å². The Morgan fingerprint density at radius 3 is 3.24 bits per heavy atom. The van der Waals surface area contributed by atoms with Gasteiger partial charge in [-0.25, -0.2) is 0 Å². The van der Waals surface area contributed by atoms with E-state index < -0.39 is 0 Å². The molecule has 0 radical (unpaired) electrons. The zero-order valence-electron chi connectivity index (χ0n) is 10.0. The van der Waals surface area contributed by atoms with Gasteiger partial charge in [0, 0.05) is 11.4 Å². The van der Waals surface area contributed by atoms with E-state index in [2.05, 4.69) is 11.4 Å². The summed E-state index contributed by atoms with van der Waals surface area (Å²) < 4.78 is 11.2. The van der Waals surface area contributed by atoms with Gasteiger partial charge in [-0.3, -0.25) is 0 Å². The molecule has 2 aromatic rings. The minimum Gasteiger partial charge on any atom is -0.492 e. The van der Waals surface area contributed by atoms with Crippen LogP contribution in [0.5, 0.6) is 5.75 Å². The third-order valence-corrected chi connectivity index (χ3v) is 3.35. The summed E-state index contributed by atoms with van der Waals surface area (Å²) in [5.74, 6) is 0.927. The number of hydrogen-bond donors (Lipinski definition) is 1. The van der Waals surface area contributed by atoms with Gasteiger partial charge in [0.2, 0.25) is 0 Å². The molecule has 90 valence electrons. The molecule has 1 atom stereocenters. The van der Waals surface area contributed by atoms with Crippen LogP contribution in [0.25, 0.3) is 11.0 Å². The largest absolute Gasteiger partial charge is 0.492 e. The van der Waals surface area contributed by atoms with E-state index in [1.165, 1.54) is 12.8 Å². The number of ether oxygens (including phenoxy) is 1. The first-order chi connectivity index (χ1) is 8.33. The third kappa shape index (κ3) is 2.15. The molecule has 3 rings (SSSR count). The first-order valence-corrected chi connectivity index (χ1v) is 6.17. The lowest BCUT2D eigenvalue weighted by atomic mass is 10.2. The highest BCUT2D eigenvalue weighted by Gasteiger charge is 2.14. The summed E-state index contributed by atoms with van der Waals surface area (Å²) in [6, 6.07) is 6.51. The molecule has 0 bridgehead atoms. The lowest BCUT2D eigenvalue weighted by Crippen LogP contribution is -2.28. The van der Waals surface area contributed by atoms with Crippen molar-refractivity contribution in [1.29, 1.82) is 0 Å². The molecule has 17 heavy (non-hydrogen) atoms. The van der Waals surface area contributed by atoms with Crippen LogP contribution >= 0.6 is 0 Å². The fraction of sp³-hybridized carbons (Fsp3) is 0.429. The number of furan rings is 1. The van der Waals surface area contributed by atoms with E-state index in [0.717, 1.165) is 35.4 Å². The van der Waals surface area contributed by atoms with Gasteiger partial charge in [-0.1, -0.05) is 0 Å². The number of benzene rings is 1. The maximum absolute atomic E-state index is 5.82. The Morgan fingerprint density at radius 2 is 2.41 bits per heavy atom. The van der Waals surface area contributed by atoms with E-state index in [9.17, 15) is 0 Å². The topological polar surface area (TPSA) is 34.4 Å². The van der Waals surface area contributed by atoms with Crippen LogP contribution in [0.1, 0.15) is 18.4 Å². The molecule has 1 aliphatic heterocycles. The van der Waals surface area contributed by atoms with Gasteiger partial charge in [0.25, 0.3) is 0 Å². The zero-order valence-corrected chi connectivity index (χ0v) is 10.0. The first kappa shape index (κ1) is 10.7. The number of hydrogen-bond acceptors (Lipinski definition) is 3. The number of fused-ring (bicyclic) bond motifs is 1. The van der Waals surface area contributed by atoms with Gasteiger partial charge >= 0.3 is 0 Å². The van der Waals surface area contributed by atoms with Gasteiger partial charge in [0.05, 0.1) is 6.26 Å². The summed E-state index contributed by atoms with van der Waals surface area (Å²) in [4.78, 5) is 0. The maximum atomic E-state index is 5.82. The normalized spacial score (nSPS) is 19.9. The molecule has 0 amide bonds. The summed E-state index contributed by atoms with van der Waals surface area (Å²) in [5.41, 5.74) is 2.08. The van der Waals surface area contributed by atoms with Gasteiger partial charge in [0.1, 0.15) is 17.9 Å². The van der Waals surface area contributed by atoms with Crippen molar-refractivity contribution in [2.75, 3.05) is 13.2 Å². The number of aryl methyl sites for hydroxylation is 1. The van der Waals surface area contributed by atoms with Crippen molar-refractivity contribution in [3.63, 3.8) is 0 Å². The lowest BCUT2D eigenvalue weighted by molar-refractivity contribution is 0.277. The van der Waals surface area contributed by atoms with Gasteiger partial charge in [-0.2, -0.15) is 0 Å². The minimum absolute atomic E-state index is 0.510. The average Bonchev–Trinajstić information content (AvgIpc) is 2.97. The van der Waals surface area contributed by atoms with Gasteiger partial charge in [-0.05, 0) is 50.1 Å². The second kappa shape index (κ2) is 4.41. The standard InChI is InChI=1S/C14H17NO2/c1-10-8-17-14-5-4-12(7-13(10)14)16-9-11-3-2-6-15-11/h4-5,7-8,11,15H,2-3,6,9H2,1H3. The highest BCUT2D eigenvalue weighted by molar-refractivity contribution is 5.82. The third-order valence-electron chi connectivity index (χ3n) is 3.35. The van der Waals surface area contributed by atoms with E-state index in [0.29, 0.717) is 6.04 Å². The molecule has 0 aliphatic carbocycles. The van der Waals surface area contributed by atoms with E-state index in [4.69, 9.17) is 9.15 Å². The Hall–Kier alpha value is -1.48. The molecule has 3 heteroatoms. The lowest BCUT2D eigenvalue weighted by Gasteiger charge is -2.11. The van der Waals surface area contributed by atoms with Gasteiger partial charge in [-0.15, -0.1) is 0 Å². The second-order valence-electron chi connectivity index (χ2n) is 4.68. The van der Waals surface area contributed by atoms with Crippen LogP contribution in [0.4, 0.5) is 0 Å². The van der Waals surface area contributed by atoms with Gasteiger partial charge in [0.15, 0.2) is 0 Å². The van der Waals surface area contributed by atoms with Gasteiger partial charge < -0.3 is 14.5 Å². The average molecular weight is 231 g/mol. The molecule has 1 N–H and O–H groups in total. The van der Waals surface area contributed by atoms with Crippen LogP contribution in [0.3, 0.4) is 0 Å². The second-order valence-corrected chi connectivity index (χ2v) is 4.68. The van der Waals surface area contributed by atoms with Crippen LogP contribution < -0.4 is 10.1 Å². The van der Waals surface area contributed by atoms with Crippen LogP contribution in [-0.2, 0) is 0 Å². The van der Waals surface area contributed by atoms with Crippen molar-refractivity contribution in [2.24, 2.45) is 0 Å². The fourth-order valence-corrected chi connectivity index (χ4v) is 2.32. The monoisotopic (exact) mass is 231 g/mol.